The van der Waals surface area contributed by atoms with Crippen LogP contribution < -0.4 is 10.0 Å². The first-order valence-corrected chi connectivity index (χ1v) is 6.89. The number of rotatable bonds is 7. The summed E-state index contributed by atoms with van der Waals surface area (Å²) in [4.78, 5) is 0. The Hall–Kier alpha value is -0.130. The van der Waals surface area contributed by atoms with Crippen molar-refractivity contribution in [3.05, 3.63) is 0 Å². The number of nitrogens with one attached hydrogen (secondary N) is 2. The lowest BCUT2D eigenvalue weighted by Crippen LogP contribution is -2.33. The Kier molecular flexibility index (Phi) is 4.34. The topological polar surface area (TPSA) is 58.2 Å². The Morgan fingerprint density at radius 1 is 1.43 bits per heavy atom. The molecule has 4 nitrogen and oxygen atoms in total. The number of hydrogen-bond acceptors (Lipinski definition) is 3. The van der Waals surface area contributed by atoms with E-state index in [2.05, 4.69) is 17.0 Å². The molecule has 0 aromatic heterocycles. The van der Waals surface area contributed by atoms with Crippen LogP contribution >= 0.6 is 0 Å². The summed E-state index contributed by atoms with van der Waals surface area (Å²) in [7, 11) is -1.29. The fraction of sp³-hybridized carbons (Fsp3) is 1.00. The molecule has 0 saturated heterocycles. The Morgan fingerprint density at radius 3 is 2.71 bits per heavy atom. The van der Waals surface area contributed by atoms with Crippen LogP contribution in [0.4, 0.5) is 0 Å². The Labute approximate surface area is 86.5 Å². The maximum Gasteiger partial charge on any atom is 0.213 e. The van der Waals surface area contributed by atoms with Gasteiger partial charge >= 0.3 is 0 Å². The van der Waals surface area contributed by atoms with Crippen molar-refractivity contribution >= 4 is 10.0 Å². The van der Waals surface area contributed by atoms with E-state index < -0.39 is 10.0 Å². The van der Waals surface area contributed by atoms with Crippen molar-refractivity contribution in [1.82, 2.24) is 10.0 Å². The third-order valence-electron chi connectivity index (χ3n) is 2.53. The lowest BCUT2D eigenvalue weighted by Gasteiger charge is -2.05. The summed E-state index contributed by atoms with van der Waals surface area (Å²) in [6.45, 7) is 2.64. The van der Waals surface area contributed by atoms with Crippen LogP contribution in [0.2, 0.25) is 0 Å². The molecule has 0 spiro atoms. The van der Waals surface area contributed by atoms with Crippen LogP contribution in [0.5, 0.6) is 0 Å². The van der Waals surface area contributed by atoms with Gasteiger partial charge in [-0.15, -0.1) is 0 Å². The van der Waals surface area contributed by atoms with E-state index in [-0.39, 0.29) is 11.8 Å². The van der Waals surface area contributed by atoms with E-state index in [1.807, 2.05) is 0 Å². The van der Waals surface area contributed by atoms with E-state index in [0.29, 0.717) is 12.5 Å². The van der Waals surface area contributed by atoms with Gasteiger partial charge in [0, 0.05) is 12.6 Å². The summed E-state index contributed by atoms with van der Waals surface area (Å²) in [6.07, 6.45) is 3.30. The second-order valence-corrected chi connectivity index (χ2v) is 5.80. The molecule has 0 radical (unpaired) electrons. The van der Waals surface area contributed by atoms with Gasteiger partial charge in [0.2, 0.25) is 10.0 Å². The van der Waals surface area contributed by atoms with E-state index in [9.17, 15) is 8.42 Å². The van der Waals surface area contributed by atoms with Crippen LogP contribution in [0.15, 0.2) is 0 Å². The highest BCUT2D eigenvalue weighted by molar-refractivity contribution is 7.89. The Morgan fingerprint density at radius 2 is 2.14 bits per heavy atom. The fourth-order valence-electron chi connectivity index (χ4n) is 1.61. The van der Waals surface area contributed by atoms with Gasteiger partial charge in [-0.25, -0.2) is 13.1 Å². The monoisotopic (exact) mass is 220 g/mol. The van der Waals surface area contributed by atoms with Gasteiger partial charge in [-0.1, -0.05) is 13.3 Å². The van der Waals surface area contributed by atoms with Gasteiger partial charge < -0.3 is 5.32 Å². The highest BCUT2D eigenvalue weighted by Gasteiger charge is 2.38. The molecule has 0 heterocycles. The highest BCUT2D eigenvalue weighted by Crippen LogP contribution is 2.34. The molecule has 2 N–H and O–H groups in total. The average Bonchev–Trinajstić information content (AvgIpc) is 2.80. The Balaban J connectivity index is 2.24. The van der Waals surface area contributed by atoms with E-state index in [1.54, 1.807) is 7.05 Å². The molecule has 0 amide bonds. The third kappa shape index (κ3) is 3.94. The second kappa shape index (κ2) is 5.09. The predicted molar refractivity (Wildman–Crippen MR) is 57.7 cm³/mol. The van der Waals surface area contributed by atoms with Gasteiger partial charge in [0.25, 0.3) is 0 Å². The zero-order valence-corrected chi connectivity index (χ0v) is 9.73. The maximum atomic E-state index is 11.4. The van der Waals surface area contributed by atoms with Crippen molar-refractivity contribution < 1.29 is 8.42 Å². The first kappa shape index (κ1) is 11.9. The molecular weight excluding hydrogens is 200 g/mol. The minimum atomic E-state index is -3.04. The third-order valence-corrected chi connectivity index (χ3v) is 3.94. The quantitative estimate of drug-likeness (QED) is 0.649. The normalized spacial score (nSPS) is 26.4. The van der Waals surface area contributed by atoms with E-state index in [1.165, 1.54) is 0 Å². The van der Waals surface area contributed by atoms with Gasteiger partial charge in [0.05, 0.1) is 5.75 Å². The summed E-state index contributed by atoms with van der Waals surface area (Å²) >= 11 is 0. The molecule has 1 rings (SSSR count). The summed E-state index contributed by atoms with van der Waals surface area (Å²) in [6, 6.07) is 0.219. The van der Waals surface area contributed by atoms with Gasteiger partial charge in [-0.05, 0) is 25.8 Å². The van der Waals surface area contributed by atoms with Crippen LogP contribution in [-0.4, -0.2) is 33.8 Å². The van der Waals surface area contributed by atoms with Gasteiger partial charge in [0.1, 0.15) is 0 Å². The number of hydrogen-bond donors (Lipinski definition) is 2. The van der Waals surface area contributed by atoms with Crippen molar-refractivity contribution in [2.24, 2.45) is 5.92 Å². The molecule has 0 aliphatic heterocycles. The molecule has 0 aromatic rings. The van der Waals surface area contributed by atoms with Crippen LogP contribution in [0, 0.1) is 5.92 Å². The van der Waals surface area contributed by atoms with E-state index in [0.717, 1.165) is 19.3 Å². The summed E-state index contributed by atoms with van der Waals surface area (Å²) in [5.74, 6) is 0.767. The van der Waals surface area contributed by atoms with Crippen LogP contribution in [0.3, 0.4) is 0 Å². The molecule has 2 atom stereocenters. The van der Waals surface area contributed by atoms with Crippen molar-refractivity contribution in [2.75, 3.05) is 19.3 Å². The average molecular weight is 220 g/mol. The highest BCUT2D eigenvalue weighted by atomic mass is 32.2. The molecular formula is C9H20N2O2S. The maximum absolute atomic E-state index is 11.4. The van der Waals surface area contributed by atoms with Crippen molar-refractivity contribution in [3.63, 3.8) is 0 Å². The van der Waals surface area contributed by atoms with Crippen molar-refractivity contribution in [1.29, 1.82) is 0 Å². The molecule has 1 aliphatic carbocycles. The molecule has 1 aliphatic rings. The minimum absolute atomic E-state index is 0.179. The Bertz CT molecular complexity index is 264. The molecule has 1 saturated carbocycles. The smallest absolute Gasteiger partial charge is 0.213 e. The first-order chi connectivity index (χ1) is 6.59. The van der Waals surface area contributed by atoms with Gasteiger partial charge in [-0.2, -0.15) is 0 Å². The lowest BCUT2D eigenvalue weighted by atomic mass is 10.2. The van der Waals surface area contributed by atoms with Crippen molar-refractivity contribution in [3.8, 4) is 0 Å². The summed E-state index contributed by atoms with van der Waals surface area (Å²) < 4.78 is 25.6. The molecule has 0 bridgehead atoms. The molecule has 5 heteroatoms. The predicted octanol–water partition coefficient (Wildman–Crippen LogP) is 0.314. The fourth-order valence-corrected chi connectivity index (χ4v) is 2.95. The summed E-state index contributed by atoms with van der Waals surface area (Å²) in [5.41, 5.74) is 0. The zero-order valence-electron chi connectivity index (χ0n) is 8.91. The molecule has 84 valence electrons. The zero-order chi connectivity index (χ0) is 10.6. The van der Waals surface area contributed by atoms with E-state index in [4.69, 9.17) is 0 Å². The first-order valence-electron chi connectivity index (χ1n) is 5.23. The largest absolute Gasteiger partial charge is 0.319 e. The molecule has 0 aromatic carbocycles. The summed E-state index contributed by atoms with van der Waals surface area (Å²) in [5, 5.41) is 2.83. The van der Waals surface area contributed by atoms with Crippen LogP contribution in [0.25, 0.3) is 0 Å². The molecule has 14 heavy (non-hydrogen) atoms. The number of sulfonamides is 1. The molecule has 1 fully saturated rings. The minimum Gasteiger partial charge on any atom is -0.319 e. The van der Waals surface area contributed by atoms with E-state index >= 15 is 0 Å². The van der Waals surface area contributed by atoms with Crippen molar-refractivity contribution in [2.45, 2.75) is 32.2 Å². The van der Waals surface area contributed by atoms with Gasteiger partial charge in [0.15, 0.2) is 0 Å². The second-order valence-electron chi connectivity index (χ2n) is 3.93. The van der Waals surface area contributed by atoms with Gasteiger partial charge in [-0.3, -0.25) is 0 Å². The molecule has 2 unspecified atom stereocenters. The van der Waals surface area contributed by atoms with Crippen LogP contribution in [0.1, 0.15) is 26.2 Å². The standard InChI is InChI=1S/C9H20N2O2S/c1-3-4-8-7-9(8)11-14(12,13)6-5-10-2/h8-11H,3-7H2,1-2H3. The SMILES string of the molecule is CCCC1CC1NS(=O)(=O)CCNC. The lowest BCUT2D eigenvalue weighted by molar-refractivity contribution is 0.571. The van der Waals surface area contributed by atoms with Crippen LogP contribution in [-0.2, 0) is 10.0 Å².